The number of nitrogens with zero attached hydrogens (tertiary/aromatic N) is 2. The van der Waals surface area contributed by atoms with Crippen LogP contribution < -0.4 is 10.6 Å². The first kappa shape index (κ1) is 19.7. The van der Waals surface area contributed by atoms with Crippen molar-refractivity contribution in [2.45, 2.75) is 24.2 Å². The van der Waals surface area contributed by atoms with Gasteiger partial charge in [-0.05, 0) is 23.3 Å². The molecule has 2 aliphatic heterocycles. The second-order valence-corrected chi connectivity index (χ2v) is 7.47. The summed E-state index contributed by atoms with van der Waals surface area (Å²) in [4.78, 5) is 13.0. The molecule has 5 nitrogen and oxygen atoms in total. The summed E-state index contributed by atoms with van der Waals surface area (Å²) in [5.74, 6) is -1.92. The van der Waals surface area contributed by atoms with Crippen molar-refractivity contribution in [1.29, 1.82) is 10.5 Å². The van der Waals surface area contributed by atoms with Gasteiger partial charge in [0.15, 0.2) is 12.1 Å². The van der Waals surface area contributed by atoms with E-state index >= 15 is 0 Å². The molecule has 150 valence electrons. The second-order valence-electron chi connectivity index (χ2n) is 7.47. The summed E-state index contributed by atoms with van der Waals surface area (Å²) in [7, 11) is 0. The third-order valence-corrected chi connectivity index (χ3v) is 5.98. The number of alkyl halides is 3. The zero-order chi connectivity index (χ0) is 21.7. The molecule has 2 aromatic rings. The van der Waals surface area contributed by atoms with Crippen LogP contribution >= 0.6 is 0 Å². The van der Waals surface area contributed by atoms with Crippen molar-refractivity contribution >= 4 is 12.0 Å². The Kier molecular flexibility index (Phi) is 4.41. The maximum atomic E-state index is 13.3. The highest BCUT2D eigenvalue weighted by Crippen LogP contribution is 2.51. The first-order chi connectivity index (χ1) is 14.2. The fraction of sp³-hybridized carbons (Fsp3) is 0.227. The van der Waals surface area contributed by atoms with Crippen LogP contribution in [0.25, 0.3) is 6.08 Å². The molecular weight excluding hydrogens is 393 g/mol. The number of nitriles is 2. The van der Waals surface area contributed by atoms with Crippen LogP contribution in [0.3, 0.4) is 0 Å². The number of amides is 1. The lowest BCUT2D eigenvalue weighted by Gasteiger charge is -2.29. The third-order valence-electron chi connectivity index (χ3n) is 5.98. The molecule has 0 saturated carbocycles. The van der Waals surface area contributed by atoms with Crippen molar-refractivity contribution in [2.24, 2.45) is 11.1 Å². The fourth-order valence-corrected chi connectivity index (χ4v) is 4.80. The van der Waals surface area contributed by atoms with Gasteiger partial charge in [-0.3, -0.25) is 9.69 Å². The standard InChI is InChI=1S/C22H15F3N4O/c23-22(24,25)15-6-3-5-14(10-15)17-18(20(28)30)29-9-8-13-4-1-2-7-16(13)19(29)21(17,11-26)12-27/h1-10,17-19H,(H2,28,30)/p+1/t17-,18+,19+/m1/s1. The average molecular weight is 409 g/mol. The van der Waals surface area contributed by atoms with Crippen molar-refractivity contribution in [3.8, 4) is 12.1 Å². The number of carbonyl (C=O) groups is 1. The summed E-state index contributed by atoms with van der Waals surface area (Å²) >= 11 is 0. The Labute approximate surface area is 170 Å². The monoisotopic (exact) mass is 409 g/mol. The Morgan fingerprint density at radius 1 is 1.10 bits per heavy atom. The molecule has 0 radical (unpaired) electrons. The van der Waals surface area contributed by atoms with Gasteiger partial charge in [0.2, 0.25) is 5.41 Å². The molecule has 2 aliphatic rings. The molecule has 30 heavy (non-hydrogen) atoms. The van der Waals surface area contributed by atoms with E-state index in [0.29, 0.717) is 10.5 Å². The number of fused-ring (bicyclic) bond motifs is 3. The molecule has 0 spiro atoms. The molecule has 0 bridgehead atoms. The lowest BCUT2D eigenvalue weighted by molar-refractivity contribution is -0.885. The first-order valence-electron chi connectivity index (χ1n) is 9.17. The quantitative estimate of drug-likeness (QED) is 0.797. The van der Waals surface area contributed by atoms with Gasteiger partial charge in [-0.25, -0.2) is 0 Å². The highest BCUT2D eigenvalue weighted by Gasteiger charge is 2.67. The molecular formula is C22H16F3N4O+. The van der Waals surface area contributed by atoms with E-state index in [9.17, 15) is 28.5 Å². The van der Waals surface area contributed by atoms with Gasteiger partial charge in [0, 0.05) is 5.56 Å². The Balaban J connectivity index is 1.99. The molecule has 0 aromatic heterocycles. The molecule has 4 rings (SSSR count). The van der Waals surface area contributed by atoms with Gasteiger partial charge in [0.25, 0.3) is 5.91 Å². The van der Waals surface area contributed by atoms with Gasteiger partial charge in [0.1, 0.15) is 0 Å². The Hall–Kier alpha value is -3.62. The lowest BCUT2D eigenvalue weighted by Crippen LogP contribution is -3.12. The minimum Gasteiger partial charge on any atom is -0.364 e. The molecule has 8 heteroatoms. The smallest absolute Gasteiger partial charge is 0.364 e. The van der Waals surface area contributed by atoms with Crippen LogP contribution in [0.15, 0.2) is 54.7 Å². The van der Waals surface area contributed by atoms with E-state index in [-0.39, 0.29) is 5.56 Å². The van der Waals surface area contributed by atoms with Gasteiger partial charge >= 0.3 is 6.18 Å². The van der Waals surface area contributed by atoms with E-state index in [1.807, 2.05) is 6.07 Å². The van der Waals surface area contributed by atoms with E-state index in [1.54, 1.807) is 30.5 Å². The third kappa shape index (κ3) is 2.69. The number of halogens is 3. The van der Waals surface area contributed by atoms with Crippen LogP contribution in [0.2, 0.25) is 0 Å². The molecule has 1 saturated heterocycles. The van der Waals surface area contributed by atoms with Gasteiger partial charge in [0.05, 0.1) is 29.8 Å². The number of quaternary nitrogens is 1. The normalized spacial score (nSPS) is 26.2. The van der Waals surface area contributed by atoms with Gasteiger partial charge in [-0.1, -0.05) is 42.5 Å². The maximum absolute atomic E-state index is 13.3. The van der Waals surface area contributed by atoms with Crippen LogP contribution in [-0.4, -0.2) is 11.9 Å². The van der Waals surface area contributed by atoms with Crippen LogP contribution in [0.4, 0.5) is 13.2 Å². The zero-order valence-electron chi connectivity index (χ0n) is 15.5. The number of primary amides is 1. The number of nitrogens with two attached hydrogens (primary N) is 1. The van der Waals surface area contributed by atoms with E-state index in [2.05, 4.69) is 12.1 Å². The minimum absolute atomic E-state index is 0.0875. The van der Waals surface area contributed by atoms with E-state index < -0.39 is 41.1 Å². The van der Waals surface area contributed by atoms with Crippen molar-refractivity contribution in [3.05, 3.63) is 77.0 Å². The summed E-state index contributed by atoms with van der Waals surface area (Å²) in [6, 6.07) is 13.8. The number of carbonyl (C=O) groups excluding carboxylic acids is 1. The summed E-state index contributed by atoms with van der Waals surface area (Å²) in [6.07, 6.45) is -1.17. The SMILES string of the molecule is N#CC1(C#N)[C@H](c2cccc(C(F)(F)F)c2)[C@@H](C(N)=O)[NH+]2C=Cc3ccccc3[C@H]21. The largest absolute Gasteiger partial charge is 0.416 e. The Morgan fingerprint density at radius 3 is 2.43 bits per heavy atom. The molecule has 1 amide bonds. The van der Waals surface area contributed by atoms with Crippen molar-refractivity contribution < 1.29 is 22.9 Å². The van der Waals surface area contributed by atoms with Crippen LogP contribution in [0, 0.1) is 28.1 Å². The number of benzene rings is 2. The van der Waals surface area contributed by atoms with Crippen LogP contribution in [0.1, 0.15) is 34.2 Å². The van der Waals surface area contributed by atoms with E-state index in [4.69, 9.17) is 5.73 Å². The lowest BCUT2D eigenvalue weighted by atomic mass is 9.68. The Morgan fingerprint density at radius 2 is 1.80 bits per heavy atom. The van der Waals surface area contributed by atoms with Gasteiger partial charge < -0.3 is 5.73 Å². The summed E-state index contributed by atoms with van der Waals surface area (Å²) in [6.45, 7) is 0. The van der Waals surface area contributed by atoms with Gasteiger partial charge in [-0.2, -0.15) is 23.7 Å². The Bertz CT molecular complexity index is 1130. The topological polar surface area (TPSA) is 95.1 Å². The number of nitrogens with one attached hydrogen (secondary N) is 1. The predicted molar refractivity (Wildman–Crippen MR) is 100 cm³/mol. The molecule has 4 atom stereocenters. The summed E-state index contributed by atoms with van der Waals surface area (Å²) in [5.41, 5.74) is 4.52. The molecule has 1 fully saturated rings. The molecule has 1 unspecified atom stereocenters. The second kappa shape index (κ2) is 6.72. The number of hydrogen-bond donors (Lipinski definition) is 2. The minimum atomic E-state index is -4.61. The average Bonchev–Trinajstić information content (AvgIpc) is 3.04. The van der Waals surface area contributed by atoms with Crippen molar-refractivity contribution in [3.63, 3.8) is 0 Å². The predicted octanol–water partition coefficient (Wildman–Crippen LogP) is 2.30. The summed E-state index contributed by atoms with van der Waals surface area (Å²) < 4.78 is 40.0. The van der Waals surface area contributed by atoms with E-state index in [1.165, 1.54) is 12.1 Å². The first-order valence-corrected chi connectivity index (χ1v) is 9.17. The van der Waals surface area contributed by atoms with E-state index in [0.717, 1.165) is 17.7 Å². The van der Waals surface area contributed by atoms with Gasteiger partial charge in [-0.15, -0.1) is 0 Å². The van der Waals surface area contributed by atoms with Crippen molar-refractivity contribution in [2.75, 3.05) is 0 Å². The van der Waals surface area contributed by atoms with Crippen LogP contribution in [-0.2, 0) is 11.0 Å². The molecule has 3 N–H and O–H groups in total. The fourth-order valence-electron chi connectivity index (χ4n) is 4.80. The summed E-state index contributed by atoms with van der Waals surface area (Å²) in [5, 5.41) is 20.3. The maximum Gasteiger partial charge on any atom is 0.416 e. The zero-order valence-corrected chi connectivity index (χ0v) is 15.5. The highest BCUT2D eigenvalue weighted by molar-refractivity contribution is 5.81. The highest BCUT2D eigenvalue weighted by atomic mass is 19.4. The number of hydrogen-bond acceptors (Lipinski definition) is 3. The molecule has 2 heterocycles. The number of rotatable bonds is 2. The van der Waals surface area contributed by atoms with Crippen molar-refractivity contribution in [1.82, 2.24) is 0 Å². The molecule has 2 aromatic carbocycles. The molecule has 0 aliphatic carbocycles. The van der Waals surface area contributed by atoms with Crippen LogP contribution in [0.5, 0.6) is 0 Å².